The molecule has 2 aromatic rings. The van der Waals surface area contributed by atoms with Crippen molar-refractivity contribution < 1.29 is 4.79 Å². The lowest BCUT2D eigenvalue weighted by atomic mass is 9.85. The van der Waals surface area contributed by atoms with Crippen LogP contribution in [0.2, 0.25) is 0 Å². The van der Waals surface area contributed by atoms with Gasteiger partial charge < -0.3 is 4.90 Å². The van der Waals surface area contributed by atoms with E-state index in [4.69, 9.17) is 0 Å². The molecular formula is C26H26N2O. The second kappa shape index (κ2) is 6.47. The van der Waals surface area contributed by atoms with Crippen molar-refractivity contribution in [3.8, 4) is 11.8 Å². The van der Waals surface area contributed by atoms with Crippen LogP contribution in [0.3, 0.4) is 0 Å². The number of benzene rings is 2. The smallest absolute Gasteiger partial charge is 0.243 e. The van der Waals surface area contributed by atoms with Crippen molar-refractivity contribution in [3.05, 3.63) is 71.3 Å². The van der Waals surface area contributed by atoms with Crippen molar-refractivity contribution >= 4 is 5.91 Å². The van der Waals surface area contributed by atoms with Crippen molar-refractivity contribution in [1.29, 1.82) is 0 Å². The average molecular weight is 383 g/mol. The van der Waals surface area contributed by atoms with Crippen LogP contribution in [0.4, 0.5) is 0 Å². The number of carbonyl (C=O) groups is 1. The van der Waals surface area contributed by atoms with Crippen molar-refractivity contribution in [1.82, 2.24) is 9.80 Å². The number of likely N-dealkylation sites (tertiary alicyclic amines) is 1. The van der Waals surface area contributed by atoms with E-state index in [1.807, 2.05) is 18.2 Å². The molecule has 0 radical (unpaired) electrons. The lowest BCUT2D eigenvalue weighted by Crippen LogP contribution is -2.52. The highest BCUT2D eigenvalue weighted by Gasteiger charge is 2.65. The van der Waals surface area contributed by atoms with Gasteiger partial charge in [-0.1, -0.05) is 54.3 Å². The summed E-state index contributed by atoms with van der Waals surface area (Å²) in [6, 6.07) is 19.5. The van der Waals surface area contributed by atoms with Crippen molar-refractivity contribution in [3.63, 3.8) is 0 Å². The highest BCUT2D eigenvalue weighted by molar-refractivity contribution is 5.90. The second-order valence-corrected chi connectivity index (χ2v) is 9.09. The van der Waals surface area contributed by atoms with Crippen LogP contribution in [0.15, 0.2) is 54.6 Å². The Hall–Kier alpha value is -2.57. The van der Waals surface area contributed by atoms with Crippen molar-refractivity contribution in [2.75, 3.05) is 13.1 Å². The number of hydrogen-bond acceptors (Lipinski definition) is 2. The molecule has 3 nitrogen and oxygen atoms in total. The Morgan fingerprint density at radius 1 is 0.966 bits per heavy atom. The summed E-state index contributed by atoms with van der Waals surface area (Å²) in [5.41, 5.74) is 3.64. The summed E-state index contributed by atoms with van der Waals surface area (Å²) in [6.07, 6.45) is 5.19. The zero-order chi connectivity index (χ0) is 19.4. The molecule has 29 heavy (non-hydrogen) atoms. The largest absolute Gasteiger partial charge is 0.337 e. The number of fused-ring (bicyclic) bond motifs is 1. The maximum absolute atomic E-state index is 13.8. The van der Waals surface area contributed by atoms with Gasteiger partial charge in [-0.05, 0) is 55.4 Å². The molecule has 3 heterocycles. The average Bonchev–Trinajstić information content (AvgIpc) is 3.48. The summed E-state index contributed by atoms with van der Waals surface area (Å²) in [4.78, 5) is 18.5. The lowest BCUT2D eigenvalue weighted by Gasteiger charge is -2.33. The summed E-state index contributed by atoms with van der Waals surface area (Å²) < 4.78 is 0. The van der Waals surface area contributed by atoms with Gasteiger partial charge in [0.05, 0.1) is 6.04 Å². The van der Waals surface area contributed by atoms with Crippen LogP contribution in [0.25, 0.3) is 0 Å². The minimum Gasteiger partial charge on any atom is -0.337 e. The Morgan fingerprint density at radius 3 is 2.45 bits per heavy atom. The van der Waals surface area contributed by atoms with Gasteiger partial charge in [0.15, 0.2) is 0 Å². The molecule has 3 atom stereocenters. The summed E-state index contributed by atoms with van der Waals surface area (Å²) in [6.45, 7) is 1.92. The van der Waals surface area contributed by atoms with E-state index >= 15 is 0 Å². The van der Waals surface area contributed by atoms with Gasteiger partial charge in [-0.15, -0.1) is 0 Å². The minimum atomic E-state index is -0.273. The molecule has 4 aliphatic rings. The van der Waals surface area contributed by atoms with Crippen LogP contribution in [0, 0.1) is 17.8 Å². The van der Waals surface area contributed by atoms with E-state index in [9.17, 15) is 4.79 Å². The molecule has 0 saturated carbocycles. The Morgan fingerprint density at radius 2 is 1.69 bits per heavy atom. The third-order valence-electron chi connectivity index (χ3n) is 7.70. The Labute approximate surface area is 172 Å². The molecule has 0 N–H and O–H groups in total. The van der Waals surface area contributed by atoms with E-state index in [2.05, 4.69) is 58.0 Å². The van der Waals surface area contributed by atoms with E-state index in [-0.39, 0.29) is 11.6 Å². The normalized spacial score (nSPS) is 30.8. The summed E-state index contributed by atoms with van der Waals surface area (Å²) in [5.74, 6) is 7.70. The predicted molar refractivity (Wildman–Crippen MR) is 113 cm³/mol. The van der Waals surface area contributed by atoms with Crippen LogP contribution < -0.4 is 0 Å². The lowest BCUT2D eigenvalue weighted by molar-refractivity contribution is -0.138. The quantitative estimate of drug-likeness (QED) is 0.707. The first-order chi connectivity index (χ1) is 14.3. The van der Waals surface area contributed by atoms with Crippen LogP contribution >= 0.6 is 0 Å². The van der Waals surface area contributed by atoms with Gasteiger partial charge in [0, 0.05) is 30.6 Å². The highest BCUT2D eigenvalue weighted by Crippen LogP contribution is 2.52. The van der Waals surface area contributed by atoms with Gasteiger partial charge in [0.2, 0.25) is 5.91 Å². The molecule has 3 saturated heterocycles. The van der Waals surface area contributed by atoms with E-state index < -0.39 is 0 Å². The summed E-state index contributed by atoms with van der Waals surface area (Å²) >= 11 is 0. The molecule has 2 aromatic carbocycles. The fraction of sp³-hybridized carbons (Fsp3) is 0.423. The maximum Gasteiger partial charge on any atom is 0.243 e. The Bertz CT molecular complexity index is 995. The summed E-state index contributed by atoms with van der Waals surface area (Å²) in [5, 5.41) is 0. The number of rotatable bonds is 1. The molecule has 0 aromatic heterocycles. The Kier molecular flexibility index (Phi) is 3.86. The zero-order valence-electron chi connectivity index (χ0n) is 16.7. The van der Waals surface area contributed by atoms with Gasteiger partial charge >= 0.3 is 0 Å². The first-order valence-corrected chi connectivity index (χ1v) is 11.0. The topological polar surface area (TPSA) is 23.6 Å². The monoisotopic (exact) mass is 382 g/mol. The number of carbonyl (C=O) groups excluding carboxylic acids is 1. The Balaban J connectivity index is 1.25. The third kappa shape index (κ3) is 2.52. The maximum atomic E-state index is 13.8. The molecule has 3 heteroatoms. The SMILES string of the molecule is O=C1N(C2Cc3ccccc3C2)C[C@@H]2C[C@@H](C#Cc3ccccc3)N3CCC[C@@]123. The van der Waals surface area contributed by atoms with Gasteiger partial charge in [0.25, 0.3) is 0 Å². The molecule has 3 aliphatic heterocycles. The zero-order valence-corrected chi connectivity index (χ0v) is 16.7. The molecule has 1 amide bonds. The first kappa shape index (κ1) is 17.3. The molecule has 3 fully saturated rings. The van der Waals surface area contributed by atoms with Gasteiger partial charge in [-0.3, -0.25) is 9.69 Å². The van der Waals surface area contributed by atoms with E-state index in [0.717, 1.165) is 50.8 Å². The molecule has 146 valence electrons. The first-order valence-electron chi connectivity index (χ1n) is 11.0. The van der Waals surface area contributed by atoms with Crippen LogP contribution in [0.1, 0.15) is 36.0 Å². The molecule has 0 bridgehead atoms. The van der Waals surface area contributed by atoms with E-state index in [1.165, 1.54) is 11.1 Å². The van der Waals surface area contributed by atoms with Crippen LogP contribution in [-0.4, -0.2) is 46.4 Å². The van der Waals surface area contributed by atoms with E-state index in [1.54, 1.807) is 0 Å². The highest BCUT2D eigenvalue weighted by atomic mass is 16.2. The van der Waals surface area contributed by atoms with Gasteiger partial charge in [0.1, 0.15) is 5.54 Å². The molecule has 6 rings (SSSR count). The second-order valence-electron chi connectivity index (χ2n) is 9.09. The number of nitrogens with zero attached hydrogens (tertiary/aromatic N) is 2. The van der Waals surface area contributed by atoms with Crippen molar-refractivity contribution in [2.24, 2.45) is 5.92 Å². The summed E-state index contributed by atoms with van der Waals surface area (Å²) in [7, 11) is 0. The predicted octanol–water partition coefficient (Wildman–Crippen LogP) is 3.27. The van der Waals surface area contributed by atoms with E-state index in [0.29, 0.717) is 17.9 Å². The fourth-order valence-electron chi connectivity index (χ4n) is 6.42. The molecule has 1 spiro atoms. The molecule has 0 unspecified atom stereocenters. The van der Waals surface area contributed by atoms with Gasteiger partial charge in [-0.2, -0.15) is 0 Å². The van der Waals surface area contributed by atoms with Crippen molar-refractivity contribution in [2.45, 2.75) is 49.7 Å². The third-order valence-corrected chi connectivity index (χ3v) is 7.70. The molecular weight excluding hydrogens is 356 g/mol. The number of hydrogen-bond donors (Lipinski definition) is 0. The van der Waals surface area contributed by atoms with Crippen LogP contribution in [0.5, 0.6) is 0 Å². The fourth-order valence-corrected chi connectivity index (χ4v) is 6.42. The van der Waals surface area contributed by atoms with Gasteiger partial charge in [-0.25, -0.2) is 0 Å². The standard InChI is InChI=1S/C26H26N2O/c29-25-26-13-6-14-28(26)23(12-11-19-7-2-1-3-8-19)17-22(26)18-27(25)24-15-20-9-4-5-10-21(20)16-24/h1-5,7-10,22-24H,6,13-18H2/t22-,23+,26-/m0/s1. The number of amides is 1. The minimum absolute atomic E-state index is 0.217. The molecule has 1 aliphatic carbocycles. The van der Waals surface area contributed by atoms with Crippen LogP contribution in [-0.2, 0) is 17.6 Å².